The molecule has 0 aliphatic carbocycles. The molecule has 0 bridgehead atoms. The van der Waals surface area contributed by atoms with Gasteiger partial charge >= 0.3 is 0 Å². The molecule has 1 unspecified atom stereocenters. The second kappa shape index (κ2) is 8.69. The number of hydrogen-bond acceptors (Lipinski definition) is 5. The predicted molar refractivity (Wildman–Crippen MR) is 97.3 cm³/mol. The number of ether oxygens (including phenoxy) is 1. The molecule has 1 amide bonds. The van der Waals surface area contributed by atoms with Crippen LogP contribution < -0.4 is 10.1 Å². The summed E-state index contributed by atoms with van der Waals surface area (Å²) in [4.78, 5) is 14.2. The number of aryl methyl sites for hydroxylation is 2. The van der Waals surface area contributed by atoms with Crippen molar-refractivity contribution in [1.82, 2.24) is 4.90 Å². The Balaban J connectivity index is 1.91. The Hall–Kier alpha value is -2.31. The van der Waals surface area contributed by atoms with Gasteiger partial charge in [-0.25, -0.2) is 0 Å². The van der Waals surface area contributed by atoms with E-state index in [9.17, 15) is 9.90 Å². The number of carbonyl (C=O) groups is 1. The van der Waals surface area contributed by atoms with Crippen molar-refractivity contribution in [2.24, 2.45) is 0 Å². The van der Waals surface area contributed by atoms with E-state index in [-0.39, 0.29) is 12.5 Å². The number of furan rings is 1. The number of aliphatic hydroxyl groups excluding tert-OH is 1. The van der Waals surface area contributed by atoms with Crippen LogP contribution in [0.1, 0.15) is 28.8 Å². The molecule has 1 aromatic heterocycles. The number of hydrogen-bond donors (Lipinski definition) is 2. The largest absolute Gasteiger partial charge is 0.491 e. The Morgan fingerprint density at radius 2 is 2.00 bits per heavy atom. The summed E-state index contributed by atoms with van der Waals surface area (Å²) in [6.07, 6.45) is 0.198. The quantitative estimate of drug-likeness (QED) is 0.769. The Morgan fingerprint density at radius 1 is 1.32 bits per heavy atom. The first-order valence-corrected chi connectivity index (χ1v) is 8.35. The van der Waals surface area contributed by atoms with Gasteiger partial charge in [0.15, 0.2) is 5.76 Å². The highest BCUT2D eigenvalue weighted by Crippen LogP contribution is 2.19. The van der Waals surface area contributed by atoms with Crippen LogP contribution in [-0.2, 0) is 6.42 Å². The SMILES string of the molecule is CCc1cc(C)c(C(=O)Nc2ccc(OCC(O)CN(C)C)cc2)o1. The molecule has 0 saturated heterocycles. The van der Waals surface area contributed by atoms with E-state index in [0.717, 1.165) is 17.7 Å². The molecule has 0 fully saturated rings. The molecule has 0 saturated carbocycles. The smallest absolute Gasteiger partial charge is 0.291 e. The monoisotopic (exact) mass is 346 g/mol. The summed E-state index contributed by atoms with van der Waals surface area (Å²) in [7, 11) is 3.79. The normalized spacial score (nSPS) is 12.2. The standard InChI is InChI=1S/C19H26N2O4/c1-5-16-10-13(2)18(25-16)19(23)20-14-6-8-17(9-7-14)24-12-15(22)11-21(3)4/h6-10,15,22H,5,11-12H2,1-4H3,(H,20,23). The summed E-state index contributed by atoms with van der Waals surface area (Å²) in [5, 5.41) is 12.6. The fourth-order valence-electron chi connectivity index (χ4n) is 2.44. The summed E-state index contributed by atoms with van der Waals surface area (Å²) in [5.74, 6) is 1.50. The maximum Gasteiger partial charge on any atom is 0.291 e. The number of aliphatic hydroxyl groups is 1. The van der Waals surface area contributed by atoms with Crippen molar-refractivity contribution in [3.8, 4) is 5.75 Å². The van der Waals surface area contributed by atoms with Crippen molar-refractivity contribution in [2.75, 3.05) is 32.6 Å². The van der Waals surface area contributed by atoms with Crippen molar-refractivity contribution in [3.05, 3.63) is 47.4 Å². The lowest BCUT2D eigenvalue weighted by Gasteiger charge is -2.16. The van der Waals surface area contributed by atoms with Crippen molar-refractivity contribution < 1.29 is 19.1 Å². The molecular formula is C19H26N2O4. The first kappa shape index (κ1) is 19.0. The van der Waals surface area contributed by atoms with Crippen molar-refractivity contribution in [1.29, 1.82) is 0 Å². The lowest BCUT2D eigenvalue weighted by Crippen LogP contribution is -2.30. The third kappa shape index (κ3) is 5.62. The van der Waals surface area contributed by atoms with E-state index in [0.29, 0.717) is 23.7 Å². The molecule has 136 valence electrons. The highest BCUT2D eigenvalue weighted by atomic mass is 16.5. The van der Waals surface area contributed by atoms with Crippen LogP contribution in [0.3, 0.4) is 0 Å². The van der Waals surface area contributed by atoms with Crippen LogP contribution in [0.5, 0.6) is 5.75 Å². The van der Waals surface area contributed by atoms with Crippen LogP contribution in [0.25, 0.3) is 0 Å². The molecule has 1 aromatic carbocycles. The summed E-state index contributed by atoms with van der Waals surface area (Å²) < 4.78 is 11.1. The average molecular weight is 346 g/mol. The topological polar surface area (TPSA) is 74.9 Å². The van der Waals surface area contributed by atoms with Crippen molar-refractivity contribution in [2.45, 2.75) is 26.4 Å². The van der Waals surface area contributed by atoms with E-state index in [1.807, 2.05) is 38.9 Å². The van der Waals surface area contributed by atoms with Crippen LogP contribution in [0.4, 0.5) is 5.69 Å². The molecule has 25 heavy (non-hydrogen) atoms. The summed E-state index contributed by atoms with van der Waals surface area (Å²) in [6, 6.07) is 8.90. The summed E-state index contributed by atoms with van der Waals surface area (Å²) >= 11 is 0. The average Bonchev–Trinajstić information content (AvgIpc) is 2.95. The molecule has 1 atom stereocenters. The zero-order valence-corrected chi connectivity index (χ0v) is 15.2. The maximum absolute atomic E-state index is 12.3. The zero-order chi connectivity index (χ0) is 18.4. The Bertz CT molecular complexity index is 692. The van der Waals surface area contributed by atoms with Gasteiger partial charge in [0, 0.05) is 24.2 Å². The Labute approximate surface area is 148 Å². The fourth-order valence-corrected chi connectivity index (χ4v) is 2.44. The minimum Gasteiger partial charge on any atom is -0.491 e. The molecule has 0 radical (unpaired) electrons. The molecular weight excluding hydrogens is 320 g/mol. The molecule has 2 rings (SSSR count). The number of likely N-dealkylation sites (N-methyl/N-ethyl adjacent to an activating group) is 1. The molecule has 6 nitrogen and oxygen atoms in total. The van der Waals surface area contributed by atoms with E-state index >= 15 is 0 Å². The van der Waals surface area contributed by atoms with Gasteiger partial charge in [0.2, 0.25) is 0 Å². The first-order valence-electron chi connectivity index (χ1n) is 8.35. The minimum atomic E-state index is -0.552. The number of nitrogens with zero attached hydrogens (tertiary/aromatic N) is 1. The van der Waals surface area contributed by atoms with E-state index in [2.05, 4.69) is 5.32 Å². The third-order valence-electron chi connectivity index (χ3n) is 3.65. The van der Waals surface area contributed by atoms with E-state index in [1.165, 1.54) is 0 Å². The number of amides is 1. The predicted octanol–water partition coefficient (Wildman–Crippen LogP) is 2.70. The van der Waals surface area contributed by atoms with Gasteiger partial charge in [-0.05, 0) is 51.4 Å². The molecule has 1 heterocycles. The minimum absolute atomic E-state index is 0.218. The number of carbonyl (C=O) groups excluding carboxylic acids is 1. The van der Waals surface area contributed by atoms with Crippen LogP contribution in [0.2, 0.25) is 0 Å². The molecule has 2 N–H and O–H groups in total. The van der Waals surface area contributed by atoms with E-state index < -0.39 is 6.10 Å². The third-order valence-corrected chi connectivity index (χ3v) is 3.65. The highest BCUT2D eigenvalue weighted by molar-refractivity contribution is 6.03. The second-order valence-electron chi connectivity index (χ2n) is 6.28. The molecule has 2 aromatic rings. The first-order chi connectivity index (χ1) is 11.9. The van der Waals surface area contributed by atoms with Gasteiger partial charge in [0.05, 0.1) is 0 Å². The van der Waals surface area contributed by atoms with Gasteiger partial charge in [-0.1, -0.05) is 6.92 Å². The van der Waals surface area contributed by atoms with E-state index in [1.54, 1.807) is 24.3 Å². The van der Waals surface area contributed by atoms with Gasteiger partial charge in [-0.15, -0.1) is 0 Å². The summed E-state index contributed by atoms with van der Waals surface area (Å²) in [5.41, 5.74) is 1.48. The van der Waals surface area contributed by atoms with Crippen LogP contribution in [0, 0.1) is 6.92 Å². The second-order valence-corrected chi connectivity index (χ2v) is 6.28. The molecule has 0 aliphatic rings. The Morgan fingerprint density at radius 3 is 2.56 bits per heavy atom. The maximum atomic E-state index is 12.3. The Kier molecular flexibility index (Phi) is 6.61. The number of benzene rings is 1. The fraction of sp³-hybridized carbons (Fsp3) is 0.421. The number of rotatable bonds is 8. The van der Waals surface area contributed by atoms with Gasteiger partial charge in [0.25, 0.3) is 5.91 Å². The lowest BCUT2D eigenvalue weighted by molar-refractivity contribution is 0.0831. The molecule has 6 heteroatoms. The summed E-state index contributed by atoms with van der Waals surface area (Å²) in [6.45, 7) is 4.59. The zero-order valence-electron chi connectivity index (χ0n) is 15.2. The van der Waals surface area contributed by atoms with Gasteiger partial charge in [0.1, 0.15) is 24.2 Å². The van der Waals surface area contributed by atoms with Gasteiger partial charge in [-0.2, -0.15) is 0 Å². The van der Waals surface area contributed by atoms with Crippen molar-refractivity contribution >= 4 is 11.6 Å². The van der Waals surface area contributed by atoms with Crippen molar-refractivity contribution in [3.63, 3.8) is 0 Å². The van der Waals surface area contributed by atoms with Crippen LogP contribution in [0.15, 0.2) is 34.7 Å². The molecule has 0 spiro atoms. The molecule has 0 aliphatic heterocycles. The highest BCUT2D eigenvalue weighted by Gasteiger charge is 2.15. The van der Waals surface area contributed by atoms with Crippen LogP contribution in [-0.4, -0.2) is 49.3 Å². The van der Waals surface area contributed by atoms with Gasteiger partial charge in [-0.3, -0.25) is 4.79 Å². The van der Waals surface area contributed by atoms with Gasteiger partial charge < -0.3 is 24.5 Å². The van der Waals surface area contributed by atoms with Crippen LogP contribution >= 0.6 is 0 Å². The number of anilines is 1. The number of nitrogens with one attached hydrogen (secondary N) is 1. The van der Waals surface area contributed by atoms with E-state index in [4.69, 9.17) is 9.15 Å². The lowest BCUT2D eigenvalue weighted by atomic mass is 10.2.